The quantitative estimate of drug-likeness (QED) is 0.150. The van der Waals surface area contributed by atoms with Gasteiger partial charge in [-0.3, -0.25) is 10.6 Å². The molecule has 3 aromatic rings. The number of para-hydroxylation sites is 1. The van der Waals surface area contributed by atoms with E-state index in [4.69, 9.17) is 18.9 Å². The Labute approximate surface area is 287 Å². The summed E-state index contributed by atoms with van der Waals surface area (Å²) in [5.74, 6) is 4.52. The lowest BCUT2D eigenvalue weighted by Crippen LogP contribution is -2.67. The Balaban J connectivity index is 1.73. The molecular formula is C37H52N4O6S+2. The van der Waals surface area contributed by atoms with Crippen LogP contribution < -0.4 is 26.1 Å². The second kappa shape index (κ2) is 17.0. The zero-order chi connectivity index (χ0) is 35.0. The van der Waals surface area contributed by atoms with E-state index in [1.165, 1.54) is 10.5 Å². The third-order valence-corrected chi connectivity index (χ3v) is 10.1. The maximum Gasteiger partial charge on any atom is 0.344 e. The average Bonchev–Trinajstić information content (AvgIpc) is 3.16. The fourth-order valence-electron chi connectivity index (χ4n) is 5.85. The monoisotopic (exact) mass is 680 g/mol. The van der Waals surface area contributed by atoms with Gasteiger partial charge in [0, 0.05) is 25.1 Å². The smallest absolute Gasteiger partial charge is 0.344 e. The van der Waals surface area contributed by atoms with E-state index in [0.29, 0.717) is 30.3 Å². The van der Waals surface area contributed by atoms with E-state index in [2.05, 4.69) is 72.4 Å². The molecule has 260 valence electrons. The molecule has 3 aromatic carbocycles. The molecule has 1 heterocycles. The lowest BCUT2D eigenvalue weighted by Gasteiger charge is -2.27. The standard InChI is InChI=1S/C37H50N4O6S/c1-8-44-35(42)19-30(28-17-31(38)37(40(7)39)33(18-28)45-23-36(43)46-22-24(3)4)27-15-14-25(5)29(16-27)21-41-20-26(6)47-32-12-10-11-13-34(32)48(41)9-2/h9-18,24,26,30H,8,19-23,38-39H2,1-7H3/p+2. The summed E-state index contributed by atoms with van der Waals surface area (Å²) in [5.41, 5.74) is 9.73. The van der Waals surface area contributed by atoms with Crippen LogP contribution in [-0.4, -0.2) is 61.1 Å². The SMILES string of the molecule is C/C=S1\c2ccccc2OC(C)CN1Cc1cc(C(CC(=O)OCC)c2cc([NH3+])c(N(C)[NH3+])c(OCC(=O)OCC(C)C)c2)ccc1C. The molecule has 0 saturated carbocycles. The van der Waals surface area contributed by atoms with Crippen molar-refractivity contribution >= 4 is 39.4 Å². The first-order valence-corrected chi connectivity index (χ1v) is 17.8. The maximum absolute atomic E-state index is 13.1. The number of nitrogens with zero attached hydrogens (tertiary/aromatic N) is 2. The molecule has 48 heavy (non-hydrogen) atoms. The topological polar surface area (TPSA) is 133 Å². The van der Waals surface area contributed by atoms with E-state index >= 15 is 0 Å². The molecule has 10 nitrogen and oxygen atoms in total. The number of aryl methyl sites for hydroxylation is 1. The van der Waals surface area contributed by atoms with Gasteiger partial charge < -0.3 is 24.7 Å². The van der Waals surface area contributed by atoms with E-state index in [1.54, 1.807) is 19.0 Å². The molecule has 6 N–H and O–H groups in total. The number of fused-ring (bicyclic) bond motifs is 1. The maximum atomic E-state index is 13.1. The summed E-state index contributed by atoms with van der Waals surface area (Å²) in [6, 6.07) is 18.5. The highest BCUT2D eigenvalue weighted by Crippen LogP contribution is 2.43. The lowest BCUT2D eigenvalue weighted by molar-refractivity contribution is -0.381. The molecule has 11 heteroatoms. The summed E-state index contributed by atoms with van der Waals surface area (Å²) in [6.45, 7) is 13.9. The second-order valence-corrected chi connectivity index (χ2v) is 14.6. The Bertz CT molecular complexity index is 1630. The minimum atomic E-state index is -0.456. The number of esters is 2. The van der Waals surface area contributed by atoms with Crippen LogP contribution in [0, 0.1) is 12.8 Å². The van der Waals surface area contributed by atoms with Crippen molar-refractivity contribution in [3.63, 3.8) is 0 Å². The molecule has 4 rings (SSSR count). The minimum absolute atomic E-state index is 0.0184. The van der Waals surface area contributed by atoms with Crippen LogP contribution in [0.25, 0.3) is 0 Å². The van der Waals surface area contributed by atoms with Crippen LogP contribution in [0.3, 0.4) is 0 Å². The van der Waals surface area contributed by atoms with E-state index in [0.717, 1.165) is 29.0 Å². The third kappa shape index (κ3) is 9.37. The molecule has 0 fully saturated rings. The van der Waals surface area contributed by atoms with Crippen LogP contribution in [0.5, 0.6) is 11.5 Å². The van der Waals surface area contributed by atoms with Crippen LogP contribution in [0.15, 0.2) is 59.5 Å². The highest BCUT2D eigenvalue weighted by Gasteiger charge is 2.28. The third-order valence-electron chi connectivity index (χ3n) is 8.05. The Kier molecular flexibility index (Phi) is 13.1. The highest BCUT2D eigenvalue weighted by molar-refractivity contribution is 8.13. The Morgan fingerprint density at radius 2 is 1.85 bits per heavy atom. The Morgan fingerprint density at radius 3 is 2.54 bits per heavy atom. The molecule has 3 atom stereocenters. The summed E-state index contributed by atoms with van der Waals surface area (Å²) >= 11 is 0. The van der Waals surface area contributed by atoms with Gasteiger partial charge in [-0.25, -0.2) is 14.1 Å². The van der Waals surface area contributed by atoms with Gasteiger partial charge in [0.15, 0.2) is 23.7 Å². The van der Waals surface area contributed by atoms with Crippen LogP contribution in [0.2, 0.25) is 0 Å². The van der Waals surface area contributed by atoms with Gasteiger partial charge >= 0.3 is 11.9 Å². The van der Waals surface area contributed by atoms with Gasteiger partial charge in [-0.2, -0.15) is 0 Å². The zero-order valence-corrected chi connectivity index (χ0v) is 30.2. The molecule has 0 bridgehead atoms. The Hall–Kier alpha value is -3.90. The number of carbonyl (C=O) groups is 2. The molecule has 0 aliphatic carbocycles. The number of anilines is 1. The molecule has 0 spiro atoms. The van der Waals surface area contributed by atoms with E-state index in [-0.39, 0.29) is 54.2 Å². The van der Waals surface area contributed by atoms with Gasteiger partial charge in [0.2, 0.25) is 0 Å². The van der Waals surface area contributed by atoms with Crippen molar-refractivity contribution in [2.24, 2.45) is 5.92 Å². The number of benzene rings is 3. The summed E-state index contributed by atoms with van der Waals surface area (Å²) in [7, 11) is 1.53. The number of hydrogen-bond donors (Lipinski definition) is 2. The van der Waals surface area contributed by atoms with Gasteiger partial charge in [0.25, 0.3) is 0 Å². The van der Waals surface area contributed by atoms with Crippen molar-refractivity contribution in [2.75, 3.05) is 38.4 Å². The number of carbonyl (C=O) groups excluding carboxylic acids is 2. The average molecular weight is 681 g/mol. The van der Waals surface area contributed by atoms with Crippen LogP contribution in [-0.2, 0) is 25.6 Å². The van der Waals surface area contributed by atoms with Crippen LogP contribution >= 0.6 is 10.7 Å². The summed E-state index contributed by atoms with van der Waals surface area (Å²) < 4.78 is 25.6. The van der Waals surface area contributed by atoms with E-state index < -0.39 is 5.97 Å². The molecule has 1 aliphatic rings. The Morgan fingerprint density at radius 1 is 1.10 bits per heavy atom. The summed E-state index contributed by atoms with van der Waals surface area (Å²) in [5, 5.41) is 3.91. The van der Waals surface area contributed by atoms with Crippen LogP contribution in [0.4, 0.5) is 11.4 Å². The van der Waals surface area contributed by atoms with Crippen molar-refractivity contribution < 1.29 is 40.1 Å². The largest absolute Gasteiger partial charge is 0.488 e. The van der Waals surface area contributed by atoms with Gasteiger partial charge in [0.05, 0.1) is 31.6 Å². The van der Waals surface area contributed by atoms with E-state index in [1.807, 2.05) is 38.1 Å². The van der Waals surface area contributed by atoms with Crippen molar-refractivity contribution in [2.45, 2.75) is 71.4 Å². The molecule has 0 amide bonds. The molecule has 0 radical (unpaired) electrons. The first-order chi connectivity index (χ1) is 22.9. The van der Waals surface area contributed by atoms with Crippen molar-refractivity contribution in [1.29, 1.82) is 0 Å². The van der Waals surface area contributed by atoms with Gasteiger partial charge in [-0.05, 0) is 79.4 Å². The number of rotatable bonds is 13. The zero-order valence-electron chi connectivity index (χ0n) is 29.4. The molecule has 3 unspecified atom stereocenters. The number of hydrogen-bond acceptors (Lipinski definition) is 8. The van der Waals surface area contributed by atoms with Crippen LogP contribution in [0.1, 0.15) is 69.2 Å². The number of ether oxygens (including phenoxy) is 4. The predicted octanol–water partition coefficient (Wildman–Crippen LogP) is 4.77. The highest BCUT2D eigenvalue weighted by atomic mass is 32.2. The summed E-state index contributed by atoms with van der Waals surface area (Å²) in [4.78, 5) is 26.7. The molecular weight excluding hydrogens is 628 g/mol. The van der Waals surface area contributed by atoms with E-state index in [9.17, 15) is 9.59 Å². The summed E-state index contributed by atoms with van der Waals surface area (Å²) in [6.07, 6.45) is 0.144. The van der Waals surface area contributed by atoms with Gasteiger partial charge in [0.1, 0.15) is 11.9 Å². The fourth-order valence-corrected chi connectivity index (χ4v) is 7.86. The molecule has 0 aromatic heterocycles. The first-order valence-electron chi connectivity index (χ1n) is 16.5. The first kappa shape index (κ1) is 36.9. The van der Waals surface area contributed by atoms with Crippen molar-refractivity contribution in [3.8, 4) is 11.5 Å². The number of quaternary nitrogens is 2. The van der Waals surface area contributed by atoms with Gasteiger partial charge in [-0.15, -0.1) is 0 Å². The fraction of sp³-hybridized carbons (Fsp3) is 0.432. The molecule has 1 aliphatic heterocycles. The minimum Gasteiger partial charge on any atom is -0.488 e. The van der Waals surface area contributed by atoms with Crippen molar-refractivity contribution in [3.05, 3.63) is 76.9 Å². The second-order valence-electron chi connectivity index (χ2n) is 12.6. The normalized spacial score (nSPS) is 16.9. The lowest BCUT2D eigenvalue weighted by atomic mass is 9.86. The van der Waals surface area contributed by atoms with Gasteiger partial charge in [-0.1, -0.05) is 54.8 Å². The predicted molar refractivity (Wildman–Crippen MR) is 190 cm³/mol. The molecule has 0 saturated heterocycles. The van der Waals surface area contributed by atoms with Crippen molar-refractivity contribution in [1.82, 2.24) is 4.31 Å².